The van der Waals surface area contributed by atoms with Gasteiger partial charge < -0.3 is 0 Å². The molecule has 0 fully saturated rings. The third kappa shape index (κ3) is 2.87. The van der Waals surface area contributed by atoms with Gasteiger partial charge in [-0.25, -0.2) is 9.25 Å². The van der Waals surface area contributed by atoms with E-state index in [9.17, 15) is 14.9 Å². The zero-order valence-electron chi connectivity index (χ0n) is 13.0. The Morgan fingerprint density at radius 2 is 2.00 bits per heavy atom. The van der Waals surface area contributed by atoms with Gasteiger partial charge in [0.15, 0.2) is 12.4 Å². The van der Waals surface area contributed by atoms with Crippen LogP contribution in [0.4, 0.5) is 5.69 Å². The van der Waals surface area contributed by atoms with Gasteiger partial charge in [-0.15, -0.1) is 0 Å². The average molecular weight is 323 g/mol. The molecule has 0 saturated carbocycles. The van der Waals surface area contributed by atoms with Gasteiger partial charge in [-0.3, -0.25) is 20.0 Å². The van der Waals surface area contributed by atoms with E-state index in [0.29, 0.717) is 16.3 Å². The van der Waals surface area contributed by atoms with Crippen LogP contribution in [-0.2, 0) is 7.05 Å². The number of rotatable bonds is 3. The minimum Gasteiger partial charge on any atom is -0.291 e. The van der Waals surface area contributed by atoms with Crippen LogP contribution in [0.25, 0.3) is 18.3 Å². The number of hydrogen-bond acceptors (Lipinski definition) is 3. The minimum absolute atomic E-state index is 0.0308. The number of hydrogen-bond donors (Lipinski definition) is 1. The molecule has 0 unspecified atom stereocenters. The van der Waals surface area contributed by atoms with E-state index >= 15 is 0 Å². The first-order valence-electron chi connectivity index (χ1n) is 7.17. The Morgan fingerprint density at radius 3 is 2.62 bits per heavy atom. The number of nitrogens with zero attached hydrogens (tertiary/aromatic N) is 3. The van der Waals surface area contributed by atoms with Crippen molar-refractivity contribution in [2.24, 2.45) is 7.05 Å². The molecule has 2 heterocycles. The average Bonchev–Trinajstić information content (AvgIpc) is 2.83. The van der Waals surface area contributed by atoms with Gasteiger partial charge in [0.1, 0.15) is 7.05 Å². The number of nitro benzene ring substituents is 1. The predicted molar refractivity (Wildman–Crippen MR) is 89.0 cm³/mol. The number of aromatic amines is 1. The number of H-pyrrole nitrogens is 1. The Bertz CT molecular complexity index is 1080. The smallest absolute Gasteiger partial charge is 0.279 e. The summed E-state index contributed by atoms with van der Waals surface area (Å²) < 4.78 is 3.21. The van der Waals surface area contributed by atoms with Crippen LogP contribution >= 0.6 is 0 Å². The summed E-state index contributed by atoms with van der Waals surface area (Å²) in [5, 5.41) is 14.5. The lowest BCUT2D eigenvalue weighted by molar-refractivity contribution is -0.671. The number of non-ortho nitro benzene ring substituents is 1. The Hall–Kier alpha value is -3.48. The standard InChI is InChI=1S/C17H15N4O3/c1-12-16(10-13-4-3-9-19(2)11-13)17(22)20(18-12)14-5-7-15(8-6-14)21(23)24/h3-11,18H,1H2,2H3/q+1. The SMILES string of the molecule is C=c1[nH]n(-c2ccc([N+](=O)[O-])cc2)c(=O)c1=Cc1ccc[n+](C)c1. The molecule has 3 rings (SSSR count). The number of benzene rings is 1. The van der Waals surface area contributed by atoms with Crippen molar-refractivity contribution in [1.29, 1.82) is 0 Å². The zero-order chi connectivity index (χ0) is 17.3. The molecule has 0 aliphatic carbocycles. The Kier molecular flexibility index (Phi) is 3.83. The molecule has 3 aromatic rings. The second kappa shape index (κ2) is 5.96. The van der Waals surface area contributed by atoms with Gasteiger partial charge in [-0.1, -0.05) is 6.58 Å². The third-order valence-electron chi connectivity index (χ3n) is 3.60. The van der Waals surface area contributed by atoms with E-state index in [2.05, 4.69) is 11.7 Å². The molecular weight excluding hydrogens is 308 g/mol. The summed E-state index contributed by atoms with van der Waals surface area (Å²) in [5.41, 5.74) is 1.09. The molecule has 0 aliphatic heterocycles. The highest BCUT2D eigenvalue weighted by Gasteiger charge is 2.08. The van der Waals surface area contributed by atoms with Crippen molar-refractivity contribution in [3.8, 4) is 5.69 Å². The summed E-state index contributed by atoms with van der Waals surface area (Å²) in [6.45, 7) is 3.87. The van der Waals surface area contributed by atoms with E-state index in [1.807, 2.05) is 36.1 Å². The first-order chi connectivity index (χ1) is 11.5. The third-order valence-corrected chi connectivity index (χ3v) is 3.60. The maximum absolute atomic E-state index is 12.6. The van der Waals surface area contributed by atoms with E-state index in [1.165, 1.54) is 28.9 Å². The number of nitro groups is 1. The fraction of sp³-hybridized carbons (Fsp3) is 0.0588. The highest BCUT2D eigenvalue weighted by molar-refractivity contribution is 5.47. The van der Waals surface area contributed by atoms with Crippen LogP contribution in [0.5, 0.6) is 0 Å². The molecule has 0 amide bonds. The van der Waals surface area contributed by atoms with Crippen LogP contribution in [0.15, 0.2) is 53.6 Å². The maximum atomic E-state index is 12.6. The summed E-state index contributed by atoms with van der Waals surface area (Å²) in [5.74, 6) is 0. The topological polar surface area (TPSA) is 84.8 Å². The molecule has 0 radical (unpaired) electrons. The molecule has 0 spiro atoms. The van der Waals surface area contributed by atoms with Gasteiger partial charge >= 0.3 is 0 Å². The van der Waals surface area contributed by atoms with Crippen LogP contribution in [0.1, 0.15) is 5.56 Å². The summed E-state index contributed by atoms with van der Waals surface area (Å²) in [6.07, 6.45) is 5.54. The highest BCUT2D eigenvalue weighted by atomic mass is 16.6. The summed E-state index contributed by atoms with van der Waals surface area (Å²) in [7, 11) is 1.90. The number of aryl methyl sites for hydroxylation is 1. The van der Waals surface area contributed by atoms with Gasteiger partial charge in [0, 0.05) is 23.8 Å². The first-order valence-corrected chi connectivity index (χ1v) is 7.17. The summed E-state index contributed by atoms with van der Waals surface area (Å²) >= 11 is 0. The van der Waals surface area contributed by atoms with E-state index in [0.717, 1.165) is 5.56 Å². The van der Waals surface area contributed by atoms with Crippen molar-refractivity contribution < 1.29 is 9.49 Å². The van der Waals surface area contributed by atoms with Crippen molar-refractivity contribution in [1.82, 2.24) is 9.78 Å². The lowest BCUT2D eigenvalue weighted by Crippen LogP contribution is -2.34. The Labute approximate surface area is 136 Å². The van der Waals surface area contributed by atoms with Crippen LogP contribution in [-0.4, -0.2) is 14.7 Å². The van der Waals surface area contributed by atoms with Crippen molar-refractivity contribution >= 4 is 18.3 Å². The molecule has 1 N–H and O–H groups in total. The van der Waals surface area contributed by atoms with Crippen LogP contribution in [0.2, 0.25) is 0 Å². The van der Waals surface area contributed by atoms with Gasteiger partial charge in [0.05, 0.1) is 21.2 Å². The molecule has 0 saturated heterocycles. The van der Waals surface area contributed by atoms with E-state index in [1.54, 1.807) is 6.08 Å². The molecule has 7 heteroatoms. The highest BCUT2D eigenvalue weighted by Crippen LogP contribution is 2.12. The van der Waals surface area contributed by atoms with Gasteiger partial charge in [0.25, 0.3) is 11.2 Å². The van der Waals surface area contributed by atoms with Crippen molar-refractivity contribution in [3.63, 3.8) is 0 Å². The quantitative estimate of drug-likeness (QED) is 0.423. The monoisotopic (exact) mass is 323 g/mol. The predicted octanol–water partition coefficient (Wildman–Crippen LogP) is 0.137. The normalized spacial score (nSPS) is 11.6. The van der Waals surface area contributed by atoms with E-state index < -0.39 is 4.92 Å². The van der Waals surface area contributed by atoms with Crippen molar-refractivity contribution in [2.75, 3.05) is 0 Å². The molecule has 1 aromatic carbocycles. The van der Waals surface area contributed by atoms with Crippen molar-refractivity contribution in [3.05, 3.63) is 85.4 Å². The Balaban J connectivity index is 2.12. The first kappa shape index (κ1) is 15.4. The second-order valence-electron chi connectivity index (χ2n) is 5.37. The van der Waals surface area contributed by atoms with Crippen LogP contribution in [0.3, 0.4) is 0 Å². The van der Waals surface area contributed by atoms with Gasteiger partial charge in [-0.05, 0) is 24.3 Å². The maximum Gasteiger partial charge on any atom is 0.279 e. The van der Waals surface area contributed by atoms with Crippen LogP contribution < -0.4 is 20.7 Å². The second-order valence-corrected chi connectivity index (χ2v) is 5.37. The molecule has 2 aromatic heterocycles. The lowest BCUT2D eigenvalue weighted by atomic mass is 10.2. The molecule has 0 bridgehead atoms. The fourth-order valence-corrected chi connectivity index (χ4v) is 2.41. The van der Waals surface area contributed by atoms with E-state index in [-0.39, 0.29) is 11.2 Å². The molecule has 0 atom stereocenters. The lowest BCUT2D eigenvalue weighted by Gasteiger charge is -2.00. The van der Waals surface area contributed by atoms with Crippen molar-refractivity contribution in [2.45, 2.75) is 0 Å². The molecule has 24 heavy (non-hydrogen) atoms. The summed E-state index contributed by atoms with van der Waals surface area (Å²) in [6, 6.07) is 9.51. The van der Waals surface area contributed by atoms with E-state index in [4.69, 9.17) is 0 Å². The Morgan fingerprint density at radius 1 is 1.29 bits per heavy atom. The zero-order valence-corrected chi connectivity index (χ0v) is 13.0. The fourth-order valence-electron chi connectivity index (χ4n) is 2.41. The summed E-state index contributed by atoms with van der Waals surface area (Å²) in [4.78, 5) is 22.9. The minimum atomic E-state index is -0.483. The number of nitrogens with one attached hydrogen (secondary N) is 1. The molecule has 120 valence electrons. The van der Waals surface area contributed by atoms with Crippen LogP contribution in [0, 0.1) is 10.1 Å². The van der Waals surface area contributed by atoms with Gasteiger partial charge in [-0.2, -0.15) is 0 Å². The largest absolute Gasteiger partial charge is 0.291 e. The van der Waals surface area contributed by atoms with Gasteiger partial charge in [0.2, 0.25) is 0 Å². The number of aromatic nitrogens is 3. The number of pyridine rings is 1. The molecular formula is C17H15N4O3+. The molecule has 0 aliphatic rings. The molecule has 7 nitrogen and oxygen atoms in total.